The smallest absolute Gasteiger partial charge is 0.376 e. The molecule has 1 aliphatic heterocycles. The summed E-state index contributed by atoms with van der Waals surface area (Å²) in [4.78, 5) is 4.42. The van der Waals surface area contributed by atoms with Gasteiger partial charge in [-0.1, -0.05) is 18.2 Å². The van der Waals surface area contributed by atoms with Crippen molar-refractivity contribution in [3.05, 3.63) is 71.6 Å². The molecule has 4 rings (SSSR count). The van der Waals surface area contributed by atoms with Gasteiger partial charge in [0.25, 0.3) is 0 Å². The number of halogens is 3. The van der Waals surface area contributed by atoms with Crippen molar-refractivity contribution >= 4 is 5.69 Å². The van der Waals surface area contributed by atoms with E-state index in [1.54, 1.807) is 6.20 Å². The highest BCUT2D eigenvalue weighted by Crippen LogP contribution is 2.50. The largest absolute Gasteiger partial charge is 0.416 e. The monoisotopic (exact) mass is 316 g/mol. The van der Waals surface area contributed by atoms with Crippen LogP contribution in [-0.2, 0) is 6.18 Å². The molecule has 0 radical (unpaired) electrons. The summed E-state index contributed by atoms with van der Waals surface area (Å²) in [6.07, 6.45) is 2.36. The quantitative estimate of drug-likeness (QED) is 0.755. The Labute approximate surface area is 132 Å². The Bertz CT molecular complexity index is 753. The van der Waals surface area contributed by atoms with E-state index in [9.17, 15) is 13.2 Å². The molecule has 2 nitrogen and oxygen atoms in total. The summed E-state index contributed by atoms with van der Waals surface area (Å²) in [5.74, 6) is 0.196. The predicted molar refractivity (Wildman–Crippen MR) is 82.0 cm³/mol. The lowest BCUT2D eigenvalue weighted by Gasteiger charge is -2.37. The first kappa shape index (κ1) is 14.3. The van der Waals surface area contributed by atoms with Gasteiger partial charge in [0.05, 0.1) is 17.3 Å². The highest BCUT2D eigenvalue weighted by Gasteiger charge is 2.40. The van der Waals surface area contributed by atoms with E-state index < -0.39 is 11.7 Å². The molecule has 2 heterocycles. The summed E-state index contributed by atoms with van der Waals surface area (Å²) in [6.45, 7) is 0. The average Bonchev–Trinajstić information content (AvgIpc) is 3.03. The number of aromatic nitrogens is 1. The molecule has 0 unspecified atom stereocenters. The minimum absolute atomic E-state index is 0.000515. The third-order valence-corrected chi connectivity index (χ3v) is 4.70. The normalized spacial score (nSPS) is 25.6. The van der Waals surface area contributed by atoms with Crippen LogP contribution in [0.25, 0.3) is 0 Å². The molecule has 1 N–H and O–H groups in total. The van der Waals surface area contributed by atoms with Gasteiger partial charge in [-0.3, -0.25) is 4.98 Å². The van der Waals surface area contributed by atoms with Gasteiger partial charge in [-0.15, -0.1) is 0 Å². The minimum Gasteiger partial charge on any atom is -0.376 e. The third-order valence-electron chi connectivity index (χ3n) is 4.70. The number of hydrogen-bond acceptors (Lipinski definition) is 2. The summed E-state index contributed by atoms with van der Waals surface area (Å²) in [6, 6.07) is 9.73. The lowest BCUT2D eigenvalue weighted by Crippen LogP contribution is -2.30. The van der Waals surface area contributed by atoms with Crippen LogP contribution in [0, 0.1) is 5.92 Å². The molecule has 2 aliphatic rings. The van der Waals surface area contributed by atoms with E-state index in [2.05, 4.69) is 16.4 Å². The maximum atomic E-state index is 13.0. The number of pyridine rings is 1. The fraction of sp³-hybridized carbons (Fsp3) is 0.278. The van der Waals surface area contributed by atoms with Gasteiger partial charge in [-0.25, -0.2) is 0 Å². The fourth-order valence-electron chi connectivity index (χ4n) is 3.62. The van der Waals surface area contributed by atoms with Crippen LogP contribution in [0.5, 0.6) is 0 Å². The van der Waals surface area contributed by atoms with Gasteiger partial charge in [0.2, 0.25) is 0 Å². The molecular formula is C18H15F3N2. The molecule has 0 amide bonds. The van der Waals surface area contributed by atoms with E-state index in [1.165, 1.54) is 12.1 Å². The second-order valence-electron chi connectivity index (χ2n) is 6.03. The van der Waals surface area contributed by atoms with Crippen molar-refractivity contribution in [3.63, 3.8) is 0 Å². The second kappa shape index (κ2) is 5.11. The van der Waals surface area contributed by atoms with Gasteiger partial charge in [0.1, 0.15) is 0 Å². The topological polar surface area (TPSA) is 24.9 Å². The van der Waals surface area contributed by atoms with Gasteiger partial charge in [-0.05, 0) is 48.2 Å². The highest BCUT2D eigenvalue weighted by atomic mass is 19.4. The van der Waals surface area contributed by atoms with Crippen LogP contribution < -0.4 is 5.32 Å². The Morgan fingerprint density at radius 3 is 2.74 bits per heavy atom. The number of nitrogens with one attached hydrogen (secondary N) is 1. The summed E-state index contributed by atoms with van der Waals surface area (Å²) >= 11 is 0. The molecule has 1 aromatic heterocycles. The van der Waals surface area contributed by atoms with Crippen LogP contribution in [-0.4, -0.2) is 4.98 Å². The van der Waals surface area contributed by atoms with Crippen molar-refractivity contribution < 1.29 is 13.2 Å². The molecule has 2 aromatic rings. The Morgan fingerprint density at radius 2 is 2.00 bits per heavy atom. The van der Waals surface area contributed by atoms with Crippen molar-refractivity contribution in [2.45, 2.75) is 24.6 Å². The fourth-order valence-corrected chi connectivity index (χ4v) is 3.62. The molecule has 0 fully saturated rings. The summed E-state index contributed by atoms with van der Waals surface area (Å²) in [5.41, 5.74) is 1.83. The Balaban J connectivity index is 1.78. The molecule has 3 atom stereocenters. The van der Waals surface area contributed by atoms with Crippen molar-refractivity contribution in [1.82, 2.24) is 4.98 Å². The second-order valence-corrected chi connectivity index (χ2v) is 6.03. The van der Waals surface area contributed by atoms with Gasteiger partial charge in [0.15, 0.2) is 0 Å². The number of fused-ring (bicyclic) bond motifs is 3. The highest BCUT2D eigenvalue weighted by molar-refractivity contribution is 5.60. The predicted octanol–water partition coefficient (Wildman–Crippen LogP) is 4.93. The van der Waals surface area contributed by atoms with E-state index in [0.29, 0.717) is 0 Å². The maximum absolute atomic E-state index is 13.0. The average molecular weight is 316 g/mol. The van der Waals surface area contributed by atoms with Crippen LogP contribution in [0.4, 0.5) is 18.9 Å². The molecular weight excluding hydrogens is 301 g/mol. The first-order chi connectivity index (χ1) is 11.0. The van der Waals surface area contributed by atoms with E-state index in [-0.39, 0.29) is 17.9 Å². The Hall–Kier alpha value is -2.30. The zero-order valence-electron chi connectivity index (χ0n) is 12.2. The summed E-state index contributed by atoms with van der Waals surface area (Å²) in [5, 5.41) is 3.39. The summed E-state index contributed by atoms with van der Waals surface area (Å²) < 4.78 is 39.0. The van der Waals surface area contributed by atoms with Gasteiger partial charge < -0.3 is 5.32 Å². The number of benzene rings is 1. The lowest BCUT2D eigenvalue weighted by atomic mass is 9.77. The lowest BCUT2D eigenvalue weighted by molar-refractivity contribution is -0.137. The van der Waals surface area contributed by atoms with Crippen molar-refractivity contribution in [3.8, 4) is 0 Å². The van der Waals surface area contributed by atoms with Crippen LogP contribution >= 0.6 is 0 Å². The third kappa shape index (κ3) is 2.40. The molecule has 0 saturated heterocycles. The zero-order valence-corrected chi connectivity index (χ0v) is 12.2. The first-order valence-electron chi connectivity index (χ1n) is 7.59. The zero-order chi connectivity index (χ0) is 16.0. The van der Waals surface area contributed by atoms with E-state index in [4.69, 9.17) is 0 Å². The number of hydrogen-bond donors (Lipinski definition) is 1. The number of anilines is 1. The molecule has 0 bridgehead atoms. The van der Waals surface area contributed by atoms with Gasteiger partial charge in [0, 0.05) is 17.8 Å². The number of alkyl halides is 3. The van der Waals surface area contributed by atoms with Crippen LogP contribution in [0.1, 0.15) is 35.2 Å². The molecule has 118 valence electrons. The standard InChI is InChI=1S/C18H15F3N2/c19-18(20,21)11-7-8-15-14(10-11)12-4-3-5-13(12)17(23-15)16-6-1-2-9-22-16/h1-4,6-10,12-13,17,23H,5H2/t12-,13-,17+/m0/s1. The molecule has 1 aromatic carbocycles. The Kier molecular flexibility index (Phi) is 3.18. The molecule has 23 heavy (non-hydrogen) atoms. The minimum atomic E-state index is -4.31. The molecule has 5 heteroatoms. The first-order valence-corrected chi connectivity index (χ1v) is 7.59. The number of nitrogens with zero attached hydrogens (tertiary/aromatic N) is 1. The van der Waals surface area contributed by atoms with Crippen LogP contribution in [0.3, 0.4) is 0 Å². The van der Waals surface area contributed by atoms with Crippen LogP contribution in [0.15, 0.2) is 54.7 Å². The number of rotatable bonds is 1. The van der Waals surface area contributed by atoms with Gasteiger partial charge in [-0.2, -0.15) is 13.2 Å². The summed E-state index contributed by atoms with van der Waals surface area (Å²) in [7, 11) is 0. The van der Waals surface area contributed by atoms with Crippen molar-refractivity contribution in [1.29, 1.82) is 0 Å². The van der Waals surface area contributed by atoms with Crippen molar-refractivity contribution in [2.75, 3.05) is 5.32 Å². The van der Waals surface area contributed by atoms with E-state index >= 15 is 0 Å². The van der Waals surface area contributed by atoms with E-state index in [1.807, 2.05) is 24.3 Å². The van der Waals surface area contributed by atoms with Gasteiger partial charge >= 0.3 is 6.18 Å². The van der Waals surface area contributed by atoms with Crippen molar-refractivity contribution in [2.24, 2.45) is 5.92 Å². The SMILES string of the molecule is FC(F)(F)c1ccc2c(c1)[C@H]1C=CC[C@@H]1[C@H](c1ccccn1)N2. The maximum Gasteiger partial charge on any atom is 0.416 e. The molecule has 0 saturated carbocycles. The molecule has 1 aliphatic carbocycles. The molecule has 0 spiro atoms. The van der Waals surface area contributed by atoms with E-state index in [0.717, 1.165) is 29.4 Å². The Morgan fingerprint density at radius 1 is 1.13 bits per heavy atom. The van der Waals surface area contributed by atoms with Crippen LogP contribution in [0.2, 0.25) is 0 Å². The number of allylic oxidation sites excluding steroid dienone is 2.